The Kier molecular flexibility index (Phi) is 8.99. The van der Waals surface area contributed by atoms with E-state index in [1.165, 1.54) is 4.90 Å². The van der Waals surface area contributed by atoms with Crippen LogP contribution in [0.15, 0.2) is 54.6 Å². The molecule has 4 aliphatic rings. The Hall–Kier alpha value is -3.77. The van der Waals surface area contributed by atoms with E-state index in [0.717, 1.165) is 11.1 Å². The second kappa shape index (κ2) is 13.1. The summed E-state index contributed by atoms with van der Waals surface area (Å²) in [7, 11) is 0. The average Bonchev–Trinajstić information content (AvgIpc) is 3.35. The summed E-state index contributed by atoms with van der Waals surface area (Å²) in [4.78, 5) is 44.3. The number of rotatable bonds is 7. The van der Waals surface area contributed by atoms with Gasteiger partial charge in [0.2, 0.25) is 11.8 Å². The summed E-state index contributed by atoms with van der Waals surface area (Å²) in [6, 6.07) is 13.6. The molecule has 3 fully saturated rings. The number of halogens is 2. The van der Waals surface area contributed by atoms with Crippen molar-refractivity contribution in [3.8, 4) is 5.75 Å². The van der Waals surface area contributed by atoms with Gasteiger partial charge in [-0.1, -0.05) is 48.5 Å². The summed E-state index contributed by atoms with van der Waals surface area (Å²) in [5.41, 5.74) is 1.62. The maximum Gasteiger partial charge on any atom is 0.408 e. The van der Waals surface area contributed by atoms with Gasteiger partial charge in [-0.3, -0.25) is 14.5 Å². The first-order chi connectivity index (χ1) is 21.3. The SMILES string of the molecule is O=C(N[C@H](C(=O)N1C[C@H]2CC(F)(F)CN2C[C@H]1C(=O)N[C@@H]1CCOc2ccccc21)C1CCOCC1)OCc1ccccc1. The van der Waals surface area contributed by atoms with E-state index in [-0.39, 0.29) is 31.7 Å². The second-order valence-electron chi connectivity index (χ2n) is 12.0. The van der Waals surface area contributed by atoms with E-state index >= 15 is 0 Å². The molecule has 4 aliphatic heterocycles. The molecular weight excluding hydrogens is 574 g/mol. The summed E-state index contributed by atoms with van der Waals surface area (Å²) in [6.45, 7) is 0.747. The molecule has 0 bridgehead atoms. The maximum atomic E-state index is 14.5. The van der Waals surface area contributed by atoms with Gasteiger partial charge in [0.1, 0.15) is 24.4 Å². The van der Waals surface area contributed by atoms with Gasteiger partial charge < -0.3 is 29.7 Å². The van der Waals surface area contributed by atoms with Crippen molar-refractivity contribution in [1.29, 1.82) is 0 Å². The van der Waals surface area contributed by atoms with Crippen molar-refractivity contribution in [2.45, 2.75) is 62.4 Å². The molecule has 4 heterocycles. The van der Waals surface area contributed by atoms with Crippen LogP contribution in [0.2, 0.25) is 0 Å². The van der Waals surface area contributed by atoms with Crippen molar-refractivity contribution in [1.82, 2.24) is 20.4 Å². The second-order valence-corrected chi connectivity index (χ2v) is 12.0. The molecule has 0 radical (unpaired) electrons. The zero-order valence-electron chi connectivity index (χ0n) is 24.5. The minimum absolute atomic E-state index is 0.0226. The zero-order valence-corrected chi connectivity index (χ0v) is 24.5. The van der Waals surface area contributed by atoms with Gasteiger partial charge in [-0.15, -0.1) is 0 Å². The molecule has 0 spiro atoms. The molecule has 12 heteroatoms. The lowest BCUT2D eigenvalue weighted by Crippen LogP contribution is -2.66. The van der Waals surface area contributed by atoms with Crippen LogP contribution in [0.25, 0.3) is 0 Å². The number of fused-ring (bicyclic) bond motifs is 2. The number of hydrogen-bond acceptors (Lipinski definition) is 7. The fourth-order valence-corrected chi connectivity index (χ4v) is 6.76. The van der Waals surface area contributed by atoms with Gasteiger partial charge in [-0.25, -0.2) is 13.6 Å². The standard InChI is InChI=1S/C32H38F2N4O6/c33-32(34)16-23-17-38(26(18-37(23)20-32)29(39)35-25-12-15-43-27-9-5-4-8-24(25)27)30(40)28(22-10-13-42-14-11-22)36-31(41)44-19-21-6-2-1-3-7-21/h1-9,22-23,25-26,28H,10-20H2,(H,35,39)(H,36,41)/t23-,25-,26+,28+/m1/s1. The van der Waals surface area contributed by atoms with E-state index in [0.29, 0.717) is 44.8 Å². The lowest BCUT2D eigenvalue weighted by atomic mass is 9.89. The smallest absolute Gasteiger partial charge is 0.408 e. The van der Waals surface area contributed by atoms with Crippen LogP contribution in [0.1, 0.15) is 42.9 Å². The normalized spacial score (nSPS) is 25.6. The van der Waals surface area contributed by atoms with E-state index in [2.05, 4.69) is 10.6 Å². The Balaban J connectivity index is 1.23. The highest BCUT2D eigenvalue weighted by Gasteiger charge is 2.52. The molecule has 2 N–H and O–H groups in total. The molecule has 4 atom stereocenters. The van der Waals surface area contributed by atoms with Crippen LogP contribution in [0.5, 0.6) is 5.75 Å². The summed E-state index contributed by atoms with van der Waals surface area (Å²) < 4.78 is 45.8. The Morgan fingerprint density at radius 3 is 2.52 bits per heavy atom. The Morgan fingerprint density at radius 2 is 1.73 bits per heavy atom. The fraction of sp³-hybridized carbons (Fsp3) is 0.531. The molecule has 2 aromatic carbocycles. The molecule has 0 aromatic heterocycles. The van der Waals surface area contributed by atoms with Crippen molar-refractivity contribution < 1.29 is 37.4 Å². The maximum absolute atomic E-state index is 14.5. The van der Waals surface area contributed by atoms with E-state index in [4.69, 9.17) is 14.2 Å². The highest BCUT2D eigenvalue weighted by atomic mass is 19.3. The van der Waals surface area contributed by atoms with Gasteiger partial charge in [0, 0.05) is 50.8 Å². The number of nitrogens with zero attached hydrogens (tertiary/aromatic N) is 2. The number of carbonyl (C=O) groups excluding carboxylic acids is 3. The van der Waals surface area contributed by atoms with Crippen molar-refractivity contribution >= 4 is 17.9 Å². The molecule has 3 saturated heterocycles. The first kappa shape index (κ1) is 30.3. The molecule has 3 amide bonds. The predicted molar refractivity (Wildman–Crippen MR) is 155 cm³/mol. The molecule has 0 saturated carbocycles. The quantitative estimate of drug-likeness (QED) is 0.494. The number of carbonyl (C=O) groups is 3. The molecule has 10 nitrogen and oxygen atoms in total. The van der Waals surface area contributed by atoms with Crippen LogP contribution < -0.4 is 15.4 Å². The highest BCUT2D eigenvalue weighted by molar-refractivity contribution is 5.92. The monoisotopic (exact) mass is 612 g/mol. The van der Waals surface area contributed by atoms with E-state index < -0.39 is 54.9 Å². The lowest BCUT2D eigenvalue weighted by Gasteiger charge is -2.45. The minimum Gasteiger partial charge on any atom is -0.493 e. The van der Waals surface area contributed by atoms with Gasteiger partial charge >= 0.3 is 6.09 Å². The predicted octanol–water partition coefficient (Wildman–Crippen LogP) is 3.27. The van der Waals surface area contributed by atoms with E-state index in [9.17, 15) is 23.2 Å². The van der Waals surface area contributed by atoms with Crippen molar-refractivity contribution in [3.63, 3.8) is 0 Å². The first-order valence-corrected chi connectivity index (χ1v) is 15.3. The molecule has 6 rings (SSSR count). The number of piperazine rings is 1. The van der Waals surface area contributed by atoms with Crippen LogP contribution in [0, 0.1) is 5.92 Å². The van der Waals surface area contributed by atoms with Crippen LogP contribution in [0.4, 0.5) is 13.6 Å². The van der Waals surface area contributed by atoms with Crippen molar-refractivity contribution in [3.05, 3.63) is 65.7 Å². The van der Waals surface area contributed by atoms with Crippen molar-refractivity contribution in [2.24, 2.45) is 5.92 Å². The molecule has 2 aromatic rings. The van der Waals surface area contributed by atoms with Gasteiger partial charge in [-0.2, -0.15) is 0 Å². The topological polar surface area (TPSA) is 109 Å². The number of hydrogen-bond donors (Lipinski definition) is 2. The Bertz CT molecular complexity index is 1340. The number of benzene rings is 2. The van der Waals surface area contributed by atoms with E-state index in [1.807, 2.05) is 54.6 Å². The van der Waals surface area contributed by atoms with Crippen LogP contribution in [-0.4, -0.2) is 91.2 Å². The highest BCUT2D eigenvalue weighted by Crippen LogP contribution is 2.37. The molecular formula is C32H38F2N4O6. The minimum atomic E-state index is -2.91. The number of alkyl halides is 2. The number of nitrogens with one attached hydrogen (secondary N) is 2. The van der Waals surface area contributed by atoms with E-state index in [1.54, 1.807) is 4.90 Å². The summed E-state index contributed by atoms with van der Waals surface area (Å²) >= 11 is 0. The van der Waals surface area contributed by atoms with Gasteiger partial charge in [0.05, 0.1) is 19.2 Å². The summed E-state index contributed by atoms with van der Waals surface area (Å²) in [5.74, 6) is -3.40. The zero-order chi connectivity index (χ0) is 30.7. The van der Waals surface area contributed by atoms with Gasteiger partial charge in [0.15, 0.2) is 0 Å². The number of alkyl carbamates (subject to hydrolysis) is 1. The third kappa shape index (κ3) is 6.81. The Labute approximate surface area is 255 Å². The molecule has 0 aliphatic carbocycles. The lowest BCUT2D eigenvalue weighted by molar-refractivity contribution is -0.148. The fourth-order valence-electron chi connectivity index (χ4n) is 6.76. The molecule has 0 unspecified atom stereocenters. The number of para-hydroxylation sites is 1. The third-order valence-corrected chi connectivity index (χ3v) is 9.03. The number of amides is 3. The van der Waals surface area contributed by atoms with Crippen molar-refractivity contribution in [2.75, 3.05) is 39.5 Å². The van der Waals surface area contributed by atoms with Crippen LogP contribution in [0.3, 0.4) is 0 Å². The van der Waals surface area contributed by atoms with Crippen LogP contribution in [-0.2, 0) is 25.7 Å². The van der Waals surface area contributed by atoms with Crippen LogP contribution >= 0.6 is 0 Å². The largest absolute Gasteiger partial charge is 0.493 e. The van der Waals surface area contributed by atoms with Gasteiger partial charge in [-0.05, 0) is 30.4 Å². The molecule has 236 valence electrons. The summed E-state index contributed by atoms with van der Waals surface area (Å²) in [6.07, 6.45) is 0.420. The first-order valence-electron chi connectivity index (χ1n) is 15.3. The average molecular weight is 613 g/mol. The summed E-state index contributed by atoms with van der Waals surface area (Å²) in [5, 5.41) is 5.83. The third-order valence-electron chi connectivity index (χ3n) is 9.03. The Morgan fingerprint density at radius 1 is 0.977 bits per heavy atom. The molecule has 44 heavy (non-hydrogen) atoms. The van der Waals surface area contributed by atoms with Gasteiger partial charge in [0.25, 0.3) is 5.92 Å². The number of ether oxygens (including phenoxy) is 3.